The van der Waals surface area contributed by atoms with Crippen molar-refractivity contribution in [3.05, 3.63) is 0 Å². The fraction of sp³-hybridized carbons (Fsp3) is 1.00. The highest BCUT2D eigenvalue weighted by molar-refractivity contribution is 4.96. The Kier molecular flexibility index (Phi) is 6.11. The molecule has 0 aromatic heterocycles. The Morgan fingerprint density at radius 2 is 2.21 bits per heavy atom. The highest BCUT2D eigenvalue weighted by Gasteiger charge is 2.43. The monoisotopic (exact) mass is 269 g/mol. The first kappa shape index (κ1) is 15.3. The molecule has 1 aliphatic heterocycles. The molecule has 3 heteroatoms. The van der Waals surface area contributed by atoms with E-state index in [4.69, 9.17) is 9.47 Å². The van der Waals surface area contributed by atoms with Crippen molar-refractivity contribution in [2.75, 3.05) is 26.4 Å². The van der Waals surface area contributed by atoms with Crippen molar-refractivity contribution >= 4 is 0 Å². The summed E-state index contributed by atoms with van der Waals surface area (Å²) < 4.78 is 11.5. The number of hydrogen-bond acceptors (Lipinski definition) is 3. The molecule has 3 nitrogen and oxygen atoms in total. The lowest BCUT2D eigenvalue weighted by Gasteiger charge is -2.49. The van der Waals surface area contributed by atoms with Gasteiger partial charge in [-0.2, -0.15) is 0 Å². The van der Waals surface area contributed by atoms with Crippen molar-refractivity contribution < 1.29 is 9.47 Å². The van der Waals surface area contributed by atoms with E-state index >= 15 is 0 Å². The third-order valence-corrected chi connectivity index (χ3v) is 4.84. The van der Waals surface area contributed by atoms with Gasteiger partial charge < -0.3 is 14.8 Å². The molecular formula is C16H31NO2. The SMILES string of the molecule is CCNC(CCCOCC)C1CCOC2(CCC2)C1. The van der Waals surface area contributed by atoms with E-state index in [1.54, 1.807) is 0 Å². The van der Waals surface area contributed by atoms with E-state index in [1.807, 2.05) is 0 Å². The minimum atomic E-state index is 0.274. The largest absolute Gasteiger partial charge is 0.382 e. The Morgan fingerprint density at radius 1 is 1.37 bits per heavy atom. The average molecular weight is 269 g/mol. The summed E-state index contributed by atoms with van der Waals surface area (Å²) in [6, 6.07) is 0.659. The number of ether oxygens (including phenoxy) is 2. The maximum atomic E-state index is 6.05. The van der Waals surface area contributed by atoms with E-state index < -0.39 is 0 Å². The van der Waals surface area contributed by atoms with Crippen LogP contribution in [-0.4, -0.2) is 38.0 Å². The van der Waals surface area contributed by atoms with Crippen LogP contribution in [0.3, 0.4) is 0 Å². The van der Waals surface area contributed by atoms with Crippen LogP contribution in [0.25, 0.3) is 0 Å². The molecule has 1 saturated heterocycles. The summed E-state index contributed by atoms with van der Waals surface area (Å²) in [7, 11) is 0. The molecule has 2 atom stereocenters. The van der Waals surface area contributed by atoms with Crippen LogP contribution < -0.4 is 5.32 Å². The topological polar surface area (TPSA) is 30.5 Å². The lowest BCUT2D eigenvalue weighted by atomic mass is 9.70. The fourth-order valence-electron chi connectivity index (χ4n) is 3.64. The van der Waals surface area contributed by atoms with Crippen LogP contribution in [-0.2, 0) is 9.47 Å². The van der Waals surface area contributed by atoms with E-state index in [2.05, 4.69) is 19.2 Å². The fourth-order valence-corrected chi connectivity index (χ4v) is 3.64. The average Bonchev–Trinajstić information content (AvgIpc) is 2.41. The molecule has 19 heavy (non-hydrogen) atoms. The molecule has 1 N–H and O–H groups in total. The molecule has 2 fully saturated rings. The Hall–Kier alpha value is -0.120. The Balaban J connectivity index is 1.79. The predicted octanol–water partition coefficient (Wildman–Crippen LogP) is 3.13. The molecule has 0 radical (unpaired) electrons. The lowest BCUT2D eigenvalue weighted by molar-refractivity contribution is -0.147. The molecule has 0 bridgehead atoms. The zero-order valence-corrected chi connectivity index (χ0v) is 12.7. The Labute approximate surface area is 118 Å². The molecule has 2 rings (SSSR count). The first-order valence-electron chi connectivity index (χ1n) is 8.25. The molecular weight excluding hydrogens is 238 g/mol. The number of nitrogens with one attached hydrogen (secondary N) is 1. The van der Waals surface area contributed by atoms with E-state index in [-0.39, 0.29) is 5.60 Å². The van der Waals surface area contributed by atoms with Crippen LogP contribution in [0.4, 0.5) is 0 Å². The number of hydrogen-bond donors (Lipinski definition) is 1. The summed E-state index contributed by atoms with van der Waals surface area (Å²) in [5.74, 6) is 0.802. The van der Waals surface area contributed by atoms with Gasteiger partial charge in [-0.1, -0.05) is 6.92 Å². The van der Waals surface area contributed by atoms with E-state index in [0.717, 1.165) is 32.3 Å². The van der Waals surface area contributed by atoms with Crippen molar-refractivity contribution in [2.45, 2.75) is 70.4 Å². The molecule has 0 aromatic carbocycles. The van der Waals surface area contributed by atoms with Gasteiger partial charge in [-0.15, -0.1) is 0 Å². The zero-order chi connectivity index (χ0) is 13.6. The molecule has 2 aliphatic rings. The van der Waals surface area contributed by atoms with Gasteiger partial charge in [-0.3, -0.25) is 0 Å². The summed E-state index contributed by atoms with van der Waals surface area (Å²) >= 11 is 0. The number of rotatable bonds is 8. The summed E-state index contributed by atoms with van der Waals surface area (Å²) in [6.45, 7) is 8.08. The second-order valence-corrected chi connectivity index (χ2v) is 6.14. The molecule has 2 unspecified atom stereocenters. The second kappa shape index (κ2) is 7.61. The first-order chi connectivity index (χ1) is 9.29. The van der Waals surface area contributed by atoms with E-state index in [9.17, 15) is 0 Å². The van der Waals surface area contributed by atoms with Crippen LogP contribution in [0.15, 0.2) is 0 Å². The Bertz CT molecular complexity index is 253. The van der Waals surface area contributed by atoms with Crippen LogP contribution in [0.1, 0.15) is 58.8 Å². The van der Waals surface area contributed by atoms with Crippen molar-refractivity contribution in [3.8, 4) is 0 Å². The van der Waals surface area contributed by atoms with Crippen molar-refractivity contribution in [2.24, 2.45) is 5.92 Å². The third kappa shape index (κ3) is 4.17. The smallest absolute Gasteiger partial charge is 0.0685 e. The zero-order valence-electron chi connectivity index (χ0n) is 12.7. The standard InChI is InChI=1S/C16H31NO2/c1-3-17-15(7-5-11-18-4-2)14-8-12-19-16(13-14)9-6-10-16/h14-15,17H,3-13H2,1-2H3. The summed E-state index contributed by atoms with van der Waals surface area (Å²) in [5, 5.41) is 3.70. The van der Waals surface area contributed by atoms with Crippen LogP contribution in [0, 0.1) is 5.92 Å². The molecule has 1 aliphatic carbocycles. The summed E-state index contributed by atoms with van der Waals surface area (Å²) in [4.78, 5) is 0. The summed E-state index contributed by atoms with van der Waals surface area (Å²) in [5.41, 5.74) is 0.274. The Morgan fingerprint density at radius 3 is 2.84 bits per heavy atom. The molecule has 0 aromatic rings. The van der Waals surface area contributed by atoms with Gasteiger partial charge in [0.25, 0.3) is 0 Å². The van der Waals surface area contributed by atoms with Gasteiger partial charge in [0.1, 0.15) is 0 Å². The highest BCUT2D eigenvalue weighted by Crippen LogP contribution is 2.45. The first-order valence-corrected chi connectivity index (χ1v) is 8.25. The van der Waals surface area contributed by atoms with Crippen LogP contribution >= 0.6 is 0 Å². The minimum absolute atomic E-state index is 0.274. The lowest BCUT2D eigenvalue weighted by Crippen LogP contribution is -2.50. The van der Waals surface area contributed by atoms with Crippen LogP contribution in [0.2, 0.25) is 0 Å². The van der Waals surface area contributed by atoms with Crippen molar-refractivity contribution in [1.29, 1.82) is 0 Å². The molecule has 112 valence electrons. The highest BCUT2D eigenvalue weighted by atomic mass is 16.5. The maximum absolute atomic E-state index is 6.05. The van der Waals surface area contributed by atoms with Crippen molar-refractivity contribution in [1.82, 2.24) is 5.32 Å². The van der Waals surface area contributed by atoms with E-state index in [0.29, 0.717) is 6.04 Å². The summed E-state index contributed by atoms with van der Waals surface area (Å²) in [6.07, 6.45) is 8.88. The van der Waals surface area contributed by atoms with Crippen LogP contribution in [0.5, 0.6) is 0 Å². The van der Waals surface area contributed by atoms with Gasteiger partial charge in [0.05, 0.1) is 5.60 Å². The molecule has 1 spiro atoms. The second-order valence-electron chi connectivity index (χ2n) is 6.14. The third-order valence-electron chi connectivity index (χ3n) is 4.84. The quantitative estimate of drug-likeness (QED) is 0.687. The minimum Gasteiger partial charge on any atom is -0.382 e. The van der Waals surface area contributed by atoms with Gasteiger partial charge in [0.2, 0.25) is 0 Å². The predicted molar refractivity (Wildman–Crippen MR) is 78.4 cm³/mol. The van der Waals surface area contributed by atoms with Gasteiger partial charge in [-0.25, -0.2) is 0 Å². The van der Waals surface area contributed by atoms with Crippen molar-refractivity contribution in [3.63, 3.8) is 0 Å². The molecule has 0 amide bonds. The maximum Gasteiger partial charge on any atom is 0.0685 e. The van der Waals surface area contributed by atoms with Gasteiger partial charge in [0, 0.05) is 25.9 Å². The molecule has 1 saturated carbocycles. The van der Waals surface area contributed by atoms with Gasteiger partial charge in [0.15, 0.2) is 0 Å². The van der Waals surface area contributed by atoms with E-state index in [1.165, 1.54) is 44.9 Å². The molecule has 1 heterocycles. The van der Waals surface area contributed by atoms with Gasteiger partial charge >= 0.3 is 0 Å². The normalized spacial score (nSPS) is 27.2. The van der Waals surface area contributed by atoms with Gasteiger partial charge in [-0.05, 0) is 64.3 Å².